The number of nitro groups is 2. The normalized spacial score (nSPS) is 18.4. The van der Waals surface area contributed by atoms with E-state index in [4.69, 9.17) is 0 Å². The molecule has 152 valence electrons. The highest BCUT2D eigenvalue weighted by molar-refractivity contribution is 5.54. The molecule has 1 heterocycles. The standard InChI is InChI=1S/C22H18FN3O4/c23-17-5-11-18(12-6-17)24-21(15-1-7-19(8-2-15)25(27)28)13-14-22(24)16-3-9-20(10-4-16)26(29)30/h1-12,21-22H,13-14H2/t21-,22-/m1/s1. The van der Waals surface area contributed by atoms with Crippen molar-refractivity contribution in [3.63, 3.8) is 0 Å². The zero-order chi connectivity index (χ0) is 21.3. The molecule has 1 saturated heterocycles. The second-order valence-corrected chi connectivity index (χ2v) is 7.19. The summed E-state index contributed by atoms with van der Waals surface area (Å²) in [6, 6.07) is 19.0. The fraction of sp³-hybridized carbons (Fsp3) is 0.182. The third-order valence-electron chi connectivity index (χ3n) is 5.49. The molecular formula is C22H18FN3O4. The molecule has 8 heteroatoms. The lowest BCUT2D eigenvalue weighted by Gasteiger charge is -2.33. The molecule has 1 aliphatic heterocycles. The molecule has 30 heavy (non-hydrogen) atoms. The molecule has 3 aromatic carbocycles. The van der Waals surface area contributed by atoms with Crippen molar-refractivity contribution in [2.24, 2.45) is 0 Å². The van der Waals surface area contributed by atoms with Gasteiger partial charge in [-0.1, -0.05) is 24.3 Å². The van der Waals surface area contributed by atoms with Gasteiger partial charge in [0.1, 0.15) is 5.82 Å². The van der Waals surface area contributed by atoms with Gasteiger partial charge in [0.05, 0.1) is 21.9 Å². The van der Waals surface area contributed by atoms with E-state index in [1.807, 2.05) is 0 Å². The third-order valence-corrected chi connectivity index (χ3v) is 5.49. The maximum Gasteiger partial charge on any atom is 0.269 e. The number of anilines is 1. The topological polar surface area (TPSA) is 89.5 Å². The smallest absolute Gasteiger partial charge is 0.269 e. The van der Waals surface area contributed by atoms with Gasteiger partial charge < -0.3 is 4.90 Å². The van der Waals surface area contributed by atoms with E-state index < -0.39 is 9.85 Å². The van der Waals surface area contributed by atoms with Crippen molar-refractivity contribution in [2.75, 3.05) is 4.90 Å². The summed E-state index contributed by atoms with van der Waals surface area (Å²) >= 11 is 0. The molecule has 2 atom stereocenters. The second kappa shape index (κ2) is 7.90. The Kier molecular flexibility index (Phi) is 5.14. The molecule has 0 aromatic heterocycles. The first-order valence-corrected chi connectivity index (χ1v) is 9.46. The van der Waals surface area contributed by atoms with Crippen LogP contribution in [0.3, 0.4) is 0 Å². The zero-order valence-electron chi connectivity index (χ0n) is 15.8. The van der Waals surface area contributed by atoms with Crippen molar-refractivity contribution in [1.29, 1.82) is 0 Å². The number of hydrogen-bond donors (Lipinski definition) is 0. The van der Waals surface area contributed by atoms with Gasteiger partial charge in [0.15, 0.2) is 0 Å². The lowest BCUT2D eigenvalue weighted by molar-refractivity contribution is -0.385. The van der Waals surface area contributed by atoms with Crippen molar-refractivity contribution in [3.05, 3.63) is 110 Å². The molecule has 4 rings (SSSR count). The van der Waals surface area contributed by atoms with Crippen molar-refractivity contribution >= 4 is 17.1 Å². The largest absolute Gasteiger partial charge is 0.357 e. The average molecular weight is 407 g/mol. The minimum Gasteiger partial charge on any atom is -0.357 e. The van der Waals surface area contributed by atoms with Crippen molar-refractivity contribution in [1.82, 2.24) is 0 Å². The van der Waals surface area contributed by atoms with E-state index in [2.05, 4.69) is 4.90 Å². The molecule has 0 saturated carbocycles. The van der Waals surface area contributed by atoms with Gasteiger partial charge in [0, 0.05) is 30.0 Å². The van der Waals surface area contributed by atoms with Crippen LogP contribution in [0, 0.1) is 26.0 Å². The van der Waals surface area contributed by atoms with Crippen molar-refractivity contribution < 1.29 is 14.2 Å². The summed E-state index contributed by atoms with van der Waals surface area (Å²) in [5, 5.41) is 22.0. The number of non-ortho nitro benzene ring substituents is 2. The van der Waals surface area contributed by atoms with Crippen molar-refractivity contribution in [2.45, 2.75) is 24.9 Å². The quantitative estimate of drug-likeness (QED) is 0.398. The lowest BCUT2D eigenvalue weighted by Crippen LogP contribution is -2.26. The number of benzene rings is 3. The highest BCUT2D eigenvalue weighted by Crippen LogP contribution is 2.47. The van der Waals surface area contributed by atoms with Crippen LogP contribution in [0.5, 0.6) is 0 Å². The first kappa shape index (κ1) is 19.5. The van der Waals surface area contributed by atoms with Crippen LogP contribution in [0.4, 0.5) is 21.5 Å². The molecule has 0 bridgehead atoms. The van der Waals surface area contributed by atoms with Gasteiger partial charge in [-0.15, -0.1) is 0 Å². The Labute approximate surface area is 171 Å². The molecule has 0 spiro atoms. The van der Waals surface area contributed by atoms with Gasteiger partial charge in [-0.05, 0) is 48.2 Å². The molecule has 0 amide bonds. The van der Waals surface area contributed by atoms with E-state index in [0.717, 1.165) is 29.7 Å². The van der Waals surface area contributed by atoms with Gasteiger partial charge in [0.25, 0.3) is 11.4 Å². The summed E-state index contributed by atoms with van der Waals surface area (Å²) in [7, 11) is 0. The predicted molar refractivity (Wildman–Crippen MR) is 110 cm³/mol. The summed E-state index contributed by atoms with van der Waals surface area (Å²) < 4.78 is 13.5. The van der Waals surface area contributed by atoms with E-state index in [-0.39, 0.29) is 29.3 Å². The number of halogens is 1. The minimum atomic E-state index is -0.435. The summed E-state index contributed by atoms with van der Waals surface area (Å²) in [4.78, 5) is 23.2. The third kappa shape index (κ3) is 3.71. The maximum absolute atomic E-state index is 13.5. The van der Waals surface area contributed by atoms with Crippen LogP contribution in [0.25, 0.3) is 0 Å². The summed E-state index contributed by atoms with van der Waals surface area (Å²) in [5.74, 6) is -0.336. The summed E-state index contributed by atoms with van der Waals surface area (Å²) in [6.07, 6.45) is 1.58. The Bertz CT molecular complexity index is 1000. The van der Waals surface area contributed by atoms with E-state index in [1.165, 1.54) is 36.4 Å². The Morgan fingerprint density at radius 2 is 1.10 bits per heavy atom. The molecule has 0 N–H and O–H groups in total. The van der Waals surface area contributed by atoms with Crippen LogP contribution in [0.15, 0.2) is 72.8 Å². The Morgan fingerprint density at radius 3 is 1.47 bits per heavy atom. The van der Waals surface area contributed by atoms with Gasteiger partial charge in [-0.25, -0.2) is 4.39 Å². The maximum atomic E-state index is 13.5. The molecule has 3 aromatic rings. The minimum absolute atomic E-state index is 0.0250. The number of nitro benzene ring substituents is 2. The average Bonchev–Trinajstić information content (AvgIpc) is 3.19. The predicted octanol–water partition coefficient (Wildman–Crippen LogP) is 5.72. The van der Waals surface area contributed by atoms with Crippen LogP contribution in [-0.2, 0) is 0 Å². The van der Waals surface area contributed by atoms with Gasteiger partial charge in [-0.3, -0.25) is 20.2 Å². The Hall–Kier alpha value is -3.81. The Balaban J connectivity index is 1.72. The molecular weight excluding hydrogens is 389 g/mol. The first-order valence-electron chi connectivity index (χ1n) is 9.46. The fourth-order valence-electron chi connectivity index (χ4n) is 4.08. The lowest BCUT2D eigenvalue weighted by atomic mass is 10.0. The summed E-state index contributed by atoms with van der Waals surface area (Å²) in [5.41, 5.74) is 2.72. The van der Waals surface area contributed by atoms with Gasteiger partial charge >= 0.3 is 0 Å². The molecule has 1 aliphatic rings. The zero-order valence-corrected chi connectivity index (χ0v) is 15.8. The van der Waals surface area contributed by atoms with Gasteiger partial charge in [0.2, 0.25) is 0 Å². The molecule has 1 fully saturated rings. The van der Waals surface area contributed by atoms with Crippen LogP contribution in [0.2, 0.25) is 0 Å². The van der Waals surface area contributed by atoms with Crippen LogP contribution in [-0.4, -0.2) is 9.85 Å². The van der Waals surface area contributed by atoms with E-state index in [9.17, 15) is 24.6 Å². The van der Waals surface area contributed by atoms with Crippen LogP contribution in [0.1, 0.15) is 36.1 Å². The molecule has 0 unspecified atom stereocenters. The highest BCUT2D eigenvalue weighted by Gasteiger charge is 2.35. The van der Waals surface area contributed by atoms with E-state index in [1.54, 1.807) is 36.4 Å². The molecule has 7 nitrogen and oxygen atoms in total. The SMILES string of the molecule is O=[N+]([O-])c1ccc([C@H]2CC[C@H](c3ccc([N+](=O)[O-])cc3)N2c2ccc(F)cc2)cc1. The molecule has 0 aliphatic carbocycles. The van der Waals surface area contributed by atoms with Gasteiger partial charge in [-0.2, -0.15) is 0 Å². The first-order chi connectivity index (χ1) is 14.4. The fourth-order valence-corrected chi connectivity index (χ4v) is 4.08. The van der Waals surface area contributed by atoms with Crippen LogP contribution < -0.4 is 4.90 Å². The second-order valence-electron chi connectivity index (χ2n) is 7.19. The highest BCUT2D eigenvalue weighted by atomic mass is 19.1. The van der Waals surface area contributed by atoms with E-state index in [0.29, 0.717) is 0 Å². The number of rotatable bonds is 5. The molecule has 0 radical (unpaired) electrons. The Morgan fingerprint density at radius 1 is 0.700 bits per heavy atom. The number of hydrogen-bond acceptors (Lipinski definition) is 5. The van der Waals surface area contributed by atoms with Crippen LogP contribution >= 0.6 is 0 Å². The summed E-state index contributed by atoms with van der Waals surface area (Å²) in [6.45, 7) is 0. The van der Waals surface area contributed by atoms with E-state index >= 15 is 0 Å². The number of nitrogens with zero attached hydrogens (tertiary/aromatic N) is 3. The monoisotopic (exact) mass is 407 g/mol. The van der Waals surface area contributed by atoms with Crippen molar-refractivity contribution in [3.8, 4) is 0 Å².